The van der Waals surface area contributed by atoms with Crippen molar-refractivity contribution in [1.82, 2.24) is 9.71 Å². The molecule has 1 amide bonds. The minimum Gasteiger partial charge on any atom is -0.598 e. The average molecular weight is 386 g/mol. The largest absolute Gasteiger partial charge is 0.598 e. The molecule has 2 heterocycles. The first kappa shape index (κ1) is 19.9. The van der Waals surface area contributed by atoms with Gasteiger partial charge in [-0.25, -0.2) is 0 Å². The van der Waals surface area contributed by atoms with Crippen LogP contribution in [0.5, 0.6) is 0 Å². The maximum Gasteiger partial charge on any atom is 0.227 e. The van der Waals surface area contributed by atoms with Gasteiger partial charge in [0.1, 0.15) is 4.75 Å². The Morgan fingerprint density at radius 3 is 2.63 bits per heavy atom. The van der Waals surface area contributed by atoms with Crippen LogP contribution in [0, 0.1) is 0 Å². The minimum absolute atomic E-state index is 0.0705. The van der Waals surface area contributed by atoms with Crippen LogP contribution in [-0.2, 0) is 22.6 Å². The number of aromatic nitrogens is 1. The highest BCUT2D eigenvalue weighted by atomic mass is 32.2. The number of amides is 1. The quantitative estimate of drug-likeness (QED) is 0.814. The summed E-state index contributed by atoms with van der Waals surface area (Å²) < 4.78 is 15.2. The van der Waals surface area contributed by atoms with Gasteiger partial charge in [0.25, 0.3) is 0 Å². The topological polar surface area (TPSA) is 68.3 Å². The third-order valence-electron chi connectivity index (χ3n) is 4.86. The molecule has 3 rings (SSSR count). The van der Waals surface area contributed by atoms with E-state index in [0.717, 1.165) is 28.8 Å². The lowest BCUT2D eigenvalue weighted by Crippen LogP contribution is -2.40. The number of anilines is 1. The van der Waals surface area contributed by atoms with Gasteiger partial charge >= 0.3 is 0 Å². The first-order valence-electron chi connectivity index (χ1n) is 9.19. The number of benzene rings is 1. The van der Waals surface area contributed by atoms with Crippen molar-refractivity contribution in [2.24, 2.45) is 0 Å². The Morgan fingerprint density at radius 1 is 1.19 bits per heavy atom. The smallest absolute Gasteiger partial charge is 0.227 e. The Hall–Kier alpha value is -1.89. The van der Waals surface area contributed by atoms with Crippen LogP contribution >= 0.6 is 0 Å². The van der Waals surface area contributed by atoms with Gasteiger partial charge in [-0.15, -0.1) is 4.72 Å². The van der Waals surface area contributed by atoms with Gasteiger partial charge in [0, 0.05) is 48.5 Å². The summed E-state index contributed by atoms with van der Waals surface area (Å²) in [5.74, 6) is 0.158. The summed E-state index contributed by atoms with van der Waals surface area (Å²) in [5.41, 5.74) is 5.25. The number of aryl methyl sites for hydroxylation is 1. The van der Waals surface area contributed by atoms with Crippen molar-refractivity contribution in [3.05, 3.63) is 47.8 Å². The molecule has 0 unspecified atom stereocenters. The van der Waals surface area contributed by atoms with Crippen LogP contribution in [0.1, 0.15) is 51.3 Å². The van der Waals surface area contributed by atoms with Crippen LogP contribution in [-0.4, -0.2) is 27.2 Å². The van der Waals surface area contributed by atoms with Crippen LogP contribution in [0.4, 0.5) is 5.69 Å². The Labute approximate surface area is 164 Å². The van der Waals surface area contributed by atoms with Crippen molar-refractivity contribution in [3.63, 3.8) is 0 Å². The zero-order valence-electron chi connectivity index (χ0n) is 16.6. The molecule has 1 aliphatic heterocycles. The van der Waals surface area contributed by atoms with Crippen molar-refractivity contribution < 1.29 is 9.35 Å². The van der Waals surface area contributed by atoms with E-state index in [-0.39, 0.29) is 16.7 Å². The van der Waals surface area contributed by atoms with E-state index in [4.69, 9.17) is 0 Å². The van der Waals surface area contributed by atoms with Crippen molar-refractivity contribution in [1.29, 1.82) is 0 Å². The minimum atomic E-state index is -1.14. The number of pyridine rings is 1. The molecule has 0 spiro atoms. The van der Waals surface area contributed by atoms with Gasteiger partial charge in [-0.2, -0.15) is 0 Å². The number of nitrogens with one attached hydrogen (secondary N) is 1. The summed E-state index contributed by atoms with van der Waals surface area (Å²) in [6.07, 6.45) is 4.97. The summed E-state index contributed by atoms with van der Waals surface area (Å²) >= 11 is -1.14. The lowest BCUT2D eigenvalue weighted by Gasteiger charge is -2.27. The van der Waals surface area contributed by atoms with E-state index in [1.54, 1.807) is 4.90 Å². The van der Waals surface area contributed by atoms with E-state index in [1.165, 1.54) is 5.56 Å². The SMILES string of the molecule is C[C@H](N[S@+]([O-])C(C)(C)C)c1cncc(-c2ccc3c(c2)CCC(=O)N3C)c1. The molecule has 144 valence electrons. The van der Waals surface area contributed by atoms with E-state index in [9.17, 15) is 9.35 Å². The number of hydrogen-bond acceptors (Lipinski definition) is 4. The molecule has 1 aromatic carbocycles. The first-order valence-corrected chi connectivity index (χ1v) is 10.3. The molecule has 2 aromatic rings. The highest BCUT2D eigenvalue weighted by Crippen LogP contribution is 2.32. The van der Waals surface area contributed by atoms with Gasteiger partial charge in [0.15, 0.2) is 0 Å². The van der Waals surface area contributed by atoms with E-state index in [0.29, 0.717) is 6.42 Å². The molecule has 0 bridgehead atoms. The van der Waals surface area contributed by atoms with Crippen molar-refractivity contribution >= 4 is 23.0 Å². The van der Waals surface area contributed by atoms with E-state index >= 15 is 0 Å². The molecule has 0 fully saturated rings. The van der Waals surface area contributed by atoms with E-state index in [1.807, 2.05) is 59.3 Å². The molecular weight excluding hydrogens is 358 g/mol. The van der Waals surface area contributed by atoms with E-state index in [2.05, 4.69) is 21.8 Å². The molecule has 5 nitrogen and oxygen atoms in total. The number of carbonyl (C=O) groups excluding carboxylic acids is 1. The molecule has 6 heteroatoms. The second-order valence-electron chi connectivity index (χ2n) is 8.02. The lowest BCUT2D eigenvalue weighted by molar-refractivity contribution is -0.118. The molecule has 1 N–H and O–H groups in total. The van der Waals surface area contributed by atoms with Gasteiger partial charge in [-0.3, -0.25) is 9.78 Å². The molecular formula is C21H27N3O2S. The van der Waals surface area contributed by atoms with Gasteiger partial charge < -0.3 is 9.45 Å². The third kappa shape index (κ3) is 4.34. The van der Waals surface area contributed by atoms with Crippen LogP contribution < -0.4 is 9.62 Å². The molecule has 0 saturated carbocycles. The Morgan fingerprint density at radius 2 is 1.93 bits per heavy atom. The Balaban J connectivity index is 1.85. The number of carbonyl (C=O) groups is 1. The summed E-state index contributed by atoms with van der Waals surface area (Å²) in [6.45, 7) is 7.85. The fourth-order valence-electron chi connectivity index (χ4n) is 3.09. The standard InChI is InChI=1S/C21H27N3O2S/c1-14(23-27(26)21(2,3)4)17-11-18(13-22-12-17)15-6-8-19-16(10-15)7-9-20(25)24(19)5/h6,8,10-14,23H,7,9H2,1-5H3/t14-,27+/m0/s1. The highest BCUT2D eigenvalue weighted by Gasteiger charge is 2.28. The maximum atomic E-state index is 12.4. The molecule has 2 atom stereocenters. The van der Waals surface area contributed by atoms with Crippen LogP contribution in [0.15, 0.2) is 36.7 Å². The number of hydrogen-bond donors (Lipinski definition) is 1. The number of rotatable bonds is 4. The first-order chi connectivity index (χ1) is 12.7. The third-order valence-corrected chi connectivity index (χ3v) is 6.54. The van der Waals surface area contributed by atoms with Crippen molar-refractivity contribution in [2.75, 3.05) is 11.9 Å². The fraction of sp³-hybridized carbons (Fsp3) is 0.429. The van der Waals surface area contributed by atoms with E-state index < -0.39 is 11.4 Å². The number of nitrogens with zero attached hydrogens (tertiary/aromatic N) is 2. The van der Waals surface area contributed by atoms with Crippen LogP contribution in [0.2, 0.25) is 0 Å². The van der Waals surface area contributed by atoms with Gasteiger partial charge in [0.2, 0.25) is 5.91 Å². The summed E-state index contributed by atoms with van der Waals surface area (Å²) in [5, 5.41) is 0. The van der Waals surface area contributed by atoms with Crippen LogP contribution in [0.3, 0.4) is 0 Å². The van der Waals surface area contributed by atoms with Crippen LogP contribution in [0.25, 0.3) is 11.1 Å². The van der Waals surface area contributed by atoms with Crippen molar-refractivity contribution in [2.45, 2.75) is 51.3 Å². The highest BCUT2D eigenvalue weighted by molar-refractivity contribution is 7.90. The predicted molar refractivity (Wildman–Crippen MR) is 111 cm³/mol. The summed E-state index contributed by atoms with van der Waals surface area (Å²) in [6, 6.07) is 8.19. The second-order valence-corrected chi connectivity index (χ2v) is 10.0. The maximum absolute atomic E-state index is 12.4. The fourth-order valence-corrected chi connectivity index (χ4v) is 3.90. The Bertz CT molecular complexity index is 848. The molecule has 27 heavy (non-hydrogen) atoms. The zero-order chi connectivity index (χ0) is 19.8. The monoisotopic (exact) mass is 385 g/mol. The molecule has 1 aromatic heterocycles. The average Bonchev–Trinajstić information content (AvgIpc) is 2.64. The van der Waals surface area contributed by atoms with Gasteiger partial charge in [-0.05, 0) is 69.0 Å². The Kier molecular flexibility index (Phi) is 5.60. The summed E-state index contributed by atoms with van der Waals surface area (Å²) in [4.78, 5) is 18.0. The van der Waals surface area contributed by atoms with Crippen molar-refractivity contribution in [3.8, 4) is 11.1 Å². The molecule has 0 aliphatic carbocycles. The van der Waals surface area contributed by atoms with Gasteiger partial charge in [-0.1, -0.05) is 6.07 Å². The van der Waals surface area contributed by atoms with Gasteiger partial charge in [0.05, 0.1) is 6.04 Å². The lowest BCUT2D eigenvalue weighted by atomic mass is 9.96. The normalized spacial score (nSPS) is 16.8. The molecule has 1 aliphatic rings. The molecule has 0 radical (unpaired) electrons. The number of fused-ring (bicyclic) bond motifs is 1. The predicted octanol–water partition coefficient (Wildman–Crippen LogP) is 3.77. The zero-order valence-corrected chi connectivity index (χ0v) is 17.4. The summed E-state index contributed by atoms with van der Waals surface area (Å²) in [7, 11) is 1.82. The molecule has 0 saturated heterocycles. The second kappa shape index (κ2) is 7.62.